The second kappa shape index (κ2) is 5.97. The lowest BCUT2D eigenvalue weighted by Crippen LogP contribution is -2.46. The number of rotatable bonds is 3. The van der Waals surface area contributed by atoms with E-state index in [2.05, 4.69) is 0 Å². The molecule has 1 heterocycles. The summed E-state index contributed by atoms with van der Waals surface area (Å²) in [5, 5.41) is 8.91. The number of carbonyl (C=O) groups excluding carboxylic acids is 1. The molecule has 0 unspecified atom stereocenters. The summed E-state index contributed by atoms with van der Waals surface area (Å²) in [4.78, 5) is 13.3. The van der Waals surface area contributed by atoms with Gasteiger partial charge in [-0.15, -0.1) is 0 Å². The molecule has 1 aliphatic rings. The fraction of sp³-hybridized carbons (Fsp3) is 0.429. The number of halogens is 2. The molecule has 4 nitrogen and oxygen atoms in total. The third-order valence-corrected chi connectivity index (χ3v) is 3.34. The van der Waals surface area contributed by atoms with Gasteiger partial charge < -0.3 is 10.6 Å². The lowest BCUT2D eigenvalue weighted by molar-refractivity contribution is -0.132. The van der Waals surface area contributed by atoms with E-state index in [4.69, 9.17) is 11.0 Å². The quantitative estimate of drug-likeness (QED) is 0.902. The predicted octanol–water partition coefficient (Wildman–Crippen LogP) is 1.16. The predicted molar refractivity (Wildman–Crippen MR) is 68.7 cm³/mol. The van der Waals surface area contributed by atoms with Crippen molar-refractivity contribution in [1.82, 2.24) is 4.90 Å². The van der Waals surface area contributed by atoms with Gasteiger partial charge in [0.05, 0.1) is 18.7 Å². The van der Waals surface area contributed by atoms with Gasteiger partial charge in [0.2, 0.25) is 5.91 Å². The Morgan fingerprint density at radius 3 is 3.00 bits per heavy atom. The van der Waals surface area contributed by atoms with Crippen LogP contribution in [0.1, 0.15) is 12.0 Å². The molecule has 1 saturated heterocycles. The van der Waals surface area contributed by atoms with E-state index in [1.165, 1.54) is 23.1 Å². The lowest BCUT2D eigenvalue weighted by Gasteiger charge is -2.23. The van der Waals surface area contributed by atoms with E-state index in [0.29, 0.717) is 5.56 Å². The third kappa shape index (κ3) is 3.11. The van der Waals surface area contributed by atoms with Gasteiger partial charge in [-0.3, -0.25) is 4.79 Å². The molecule has 0 radical (unpaired) electrons. The maximum atomic E-state index is 13.3. The number of nitrogens with zero attached hydrogens (tertiary/aromatic N) is 2. The van der Waals surface area contributed by atoms with Crippen molar-refractivity contribution in [2.45, 2.75) is 31.1 Å². The van der Waals surface area contributed by atoms with Crippen molar-refractivity contribution in [3.05, 3.63) is 35.6 Å². The molecule has 1 aliphatic heterocycles. The van der Waals surface area contributed by atoms with Crippen molar-refractivity contribution in [3.8, 4) is 6.07 Å². The Morgan fingerprint density at radius 2 is 2.35 bits per heavy atom. The standard InChI is InChI=1S/C14H15F2N3O/c15-10-3-1-2-9(4-10)5-13(18)14(20)19-8-11(16)6-12(19)7-17/h1-4,11-13H,5-6,8,18H2/t11-,12-,13-/m0/s1. The monoisotopic (exact) mass is 279 g/mol. The van der Waals surface area contributed by atoms with Crippen LogP contribution in [0.15, 0.2) is 24.3 Å². The van der Waals surface area contributed by atoms with Crippen LogP contribution in [0.25, 0.3) is 0 Å². The molecule has 2 N–H and O–H groups in total. The second-order valence-electron chi connectivity index (χ2n) is 4.91. The van der Waals surface area contributed by atoms with E-state index >= 15 is 0 Å². The topological polar surface area (TPSA) is 70.1 Å². The molecule has 0 aliphatic carbocycles. The first-order valence-corrected chi connectivity index (χ1v) is 6.35. The Morgan fingerprint density at radius 1 is 1.60 bits per heavy atom. The minimum Gasteiger partial charge on any atom is -0.322 e. The summed E-state index contributed by atoms with van der Waals surface area (Å²) in [5.41, 5.74) is 6.39. The van der Waals surface area contributed by atoms with Crippen molar-refractivity contribution >= 4 is 5.91 Å². The average Bonchev–Trinajstić information content (AvgIpc) is 2.79. The lowest BCUT2D eigenvalue weighted by atomic mass is 10.1. The molecule has 1 fully saturated rings. The van der Waals surface area contributed by atoms with E-state index in [1.54, 1.807) is 6.07 Å². The molecular weight excluding hydrogens is 264 g/mol. The highest BCUT2D eigenvalue weighted by atomic mass is 19.1. The third-order valence-electron chi connectivity index (χ3n) is 3.34. The van der Waals surface area contributed by atoms with Gasteiger partial charge in [0.1, 0.15) is 18.0 Å². The zero-order valence-corrected chi connectivity index (χ0v) is 10.8. The Labute approximate surface area is 115 Å². The van der Waals surface area contributed by atoms with Crippen molar-refractivity contribution in [2.75, 3.05) is 6.54 Å². The van der Waals surface area contributed by atoms with Gasteiger partial charge in [0.15, 0.2) is 0 Å². The van der Waals surface area contributed by atoms with Crippen LogP contribution < -0.4 is 5.73 Å². The molecule has 6 heteroatoms. The van der Waals surface area contributed by atoms with Crippen LogP contribution in [0.4, 0.5) is 8.78 Å². The molecule has 0 aromatic heterocycles. The Bertz CT molecular complexity index is 543. The summed E-state index contributed by atoms with van der Waals surface area (Å²) in [6, 6.07) is 6.04. The number of carbonyl (C=O) groups is 1. The number of nitriles is 1. The number of nitrogens with two attached hydrogens (primary N) is 1. The molecular formula is C14H15F2N3O. The van der Waals surface area contributed by atoms with Gasteiger partial charge >= 0.3 is 0 Å². The van der Waals surface area contributed by atoms with Gasteiger partial charge in [0.25, 0.3) is 0 Å². The van der Waals surface area contributed by atoms with Crippen LogP contribution in [-0.2, 0) is 11.2 Å². The minimum atomic E-state index is -1.19. The van der Waals surface area contributed by atoms with Crippen LogP contribution in [-0.4, -0.2) is 35.6 Å². The summed E-state index contributed by atoms with van der Waals surface area (Å²) < 4.78 is 26.3. The summed E-state index contributed by atoms with van der Waals surface area (Å²) in [6.07, 6.45) is -1.01. The second-order valence-corrected chi connectivity index (χ2v) is 4.91. The van der Waals surface area contributed by atoms with Gasteiger partial charge in [-0.25, -0.2) is 8.78 Å². The summed E-state index contributed by atoms with van der Waals surface area (Å²) >= 11 is 0. The Hall–Kier alpha value is -2.00. The number of likely N-dealkylation sites (tertiary alicyclic amines) is 1. The van der Waals surface area contributed by atoms with Crippen LogP contribution in [0.2, 0.25) is 0 Å². The van der Waals surface area contributed by atoms with E-state index in [1.807, 2.05) is 6.07 Å². The van der Waals surface area contributed by atoms with Crippen molar-refractivity contribution in [1.29, 1.82) is 5.26 Å². The first-order valence-electron chi connectivity index (χ1n) is 6.35. The molecule has 1 amide bonds. The maximum absolute atomic E-state index is 13.3. The number of alkyl halides is 1. The molecule has 0 saturated carbocycles. The Balaban J connectivity index is 2.04. The molecule has 1 aromatic rings. The molecule has 1 aromatic carbocycles. The molecule has 3 atom stereocenters. The summed E-state index contributed by atoms with van der Waals surface area (Å²) in [6.45, 7) is -0.103. The summed E-state index contributed by atoms with van der Waals surface area (Å²) in [5.74, 6) is -0.872. The van der Waals surface area contributed by atoms with Crippen LogP contribution in [0.5, 0.6) is 0 Å². The first kappa shape index (κ1) is 14.4. The van der Waals surface area contributed by atoms with Crippen molar-refractivity contribution < 1.29 is 13.6 Å². The molecule has 2 rings (SSSR count). The molecule has 20 heavy (non-hydrogen) atoms. The first-order chi connectivity index (χ1) is 9.51. The van der Waals surface area contributed by atoms with E-state index < -0.39 is 30.0 Å². The SMILES string of the molecule is N#C[C@@H]1C[C@H](F)CN1C(=O)[C@@H](N)Cc1cccc(F)c1. The van der Waals surface area contributed by atoms with E-state index in [0.717, 1.165) is 0 Å². The highest BCUT2D eigenvalue weighted by molar-refractivity contribution is 5.83. The van der Waals surface area contributed by atoms with Crippen LogP contribution in [0.3, 0.4) is 0 Å². The van der Waals surface area contributed by atoms with Crippen LogP contribution in [0, 0.1) is 17.1 Å². The minimum absolute atomic E-state index is 0.0227. The van der Waals surface area contributed by atoms with Crippen molar-refractivity contribution in [2.24, 2.45) is 5.73 Å². The largest absolute Gasteiger partial charge is 0.322 e. The number of amides is 1. The fourth-order valence-corrected chi connectivity index (χ4v) is 2.37. The number of hydrogen-bond donors (Lipinski definition) is 1. The maximum Gasteiger partial charge on any atom is 0.241 e. The van der Waals surface area contributed by atoms with E-state index in [9.17, 15) is 13.6 Å². The number of hydrogen-bond acceptors (Lipinski definition) is 3. The van der Waals surface area contributed by atoms with Gasteiger partial charge in [-0.2, -0.15) is 5.26 Å². The highest BCUT2D eigenvalue weighted by Crippen LogP contribution is 2.21. The smallest absolute Gasteiger partial charge is 0.241 e. The van der Waals surface area contributed by atoms with Gasteiger partial charge in [-0.1, -0.05) is 12.1 Å². The van der Waals surface area contributed by atoms with E-state index in [-0.39, 0.29) is 19.4 Å². The average molecular weight is 279 g/mol. The van der Waals surface area contributed by atoms with Gasteiger partial charge in [0, 0.05) is 6.42 Å². The zero-order valence-electron chi connectivity index (χ0n) is 10.8. The molecule has 0 bridgehead atoms. The highest BCUT2D eigenvalue weighted by Gasteiger charge is 2.37. The normalized spacial score (nSPS) is 23.4. The summed E-state index contributed by atoms with van der Waals surface area (Å²) in [7, 11) is 0. The van der Waals surface area contributed by atoms with Crippen molar-refractivity contribution in [3.63, 3.8) is 0 Å². The molecule has 0 spiro atoms. The molecule has 106 valence electrons. The fourth-order valence-electron chi connectivity index (χ4n) is 2.37. The number of benzene rings is 1. The van der Waals surface area contributed by atoms with Gasteiger partial charge in [-0.05, 0) is 24.1 Å². The Kier molecular flexibility index (Phi) is 4.30. The van der Waals surface area contributed by atoms with Crippen LogP contribution >= 0.6 is 0 Å². The zero-order chi connectivity index (χ0) is 14.7.